The average Bonchev–Trinajstić information content (AvgIpc) is 2.57. The molecule has 92 valence electrons. The molecule has 1 aromatic carbocycles. The van der Waals surface area contributed by atoms with Crippen LogP contribution in [-0.4, -0.2) is 26.1 Å². The zero-order valence-corrected chi connectivity index (χ0v) is 10.7. The van der Waals surface area contributed by atoms with Crippen LogP contribution in [0.5, 0.6) is 0 Å². The lowest BCUT2D eigenvalue weighted by molar-refractivity contribution is 0.601. The van der Waals surface area contributed by atoms with E-state index in [0.717, 1.165) is 0 Å². The number of hydrogen-bond acceptors (Lipinski definition) is 4. The number of sulfone groups is 1. The van der Waals surface area contributed by atoms with Crippen LogP contribution >= 0.6 is 11.6 Å². The summed E-state index contributed by atoms with van der Waals surface area (Å²) < 4.78 is 22.5. The minimum Gasteiger partial charge on any atom is -0.397 e. The number of halogens is 1. The maximum Gasteiger partial charge on any atom is 0.150 e. The molecule has 0 bridgehead atoms. The molecule has 4 nitrogen and oxygen atoms in total. The third kappa shape index (κ3) is 3.20. The topological polar surface area (TPSA) is 72.5 Å². The number of hydrogen-bond donors (Lipinski definition) is 1. The normalized spacial score (nSPS) is 23.2. The molecule has 2 N–H and O–H groups in total. The zero-order chi connectivity index (χ0) is 12.5. The van der Waals surface area contributed by atoms with Gasteiger partial charge in [0.05, 0.1) is 22.9 Å². The second kappa shape index (κ2) is 4.66. The number of nitrogens with zero attached hydrogens (tertiary/aromatic N) is 1. The number of benzene rings is 1. The maximum atomic E-state index is 11.3. The van der Waals surface area contributed by atoms with Gasteiger partial charge in [0.1, 0.15) is 0 Å². The Morgan fingerprint density at radius 3 is 2.82 bits per heavy atom. The lowest BCUT2D eigenvalue weighted by Crippen LogP contribution is -2.05. The lowest BCUT2D eigenvalue weighted by atomic mass is 10.1. The standard InChI is InChI=1S/C11H13ClN2O2S/c12-9-1-2-11(10(13)5-9)14-6-8-3-4-17(15,16)7-8/h1-2,5-6,8H,3-4,7,13H2. The molecule has 1 aliphatic rings. The van der Waals surface area contributed by atoms with E-state index in [1.165, 1.54) is 0 Å². The molecule has 1 heterocycles. The van der Waals surface area contributed by atoms with Gasteiger partial charge in [-0.25, -0.2) is 8.42 Å². The van der Waals surface area contributed by atoms with Crippen molar-refractivity contribution >= 4 is 39.0 Å². The first-order valence-electron chi connectivity index (χ1n) is 5.26. The fourth-order valence-electron chi connectivity index (χ4n) is 1.77. The Hall–Kier alpha value is -1.07. The molecular formula is C11H13ClN2O2S. The molecule has 0 aromatic heterocycles. The quantitative estimate of drug-likeness (QED) is 0.662. The highest BCUT2D eigenvalue weighted by Crippen LogP contribution is 2.26. The first-order chi connectivity index (χ1) is 7.96. The van der Waals surface area contributed by atoms with E-state index in [1.807, 2.05) is 0 Å². The summed E-state index contributed by atoms with van der Waals surface area (Å²) in [6.07, 6.45) is 2.31. The van der Waals surface area contributed by atoms with Crippen LogP contribution in [0, 0.1) is 5.92 Å². The van der Waals surface area contributed by atoms with Gasteiger partial charge in [0.25, 0.3) is 0 Å². The molecule has 0 radical (unpaired) electrons. The van der Waals surface area contributed by atoms with Gasteiger partial charge >= 0.3 is 0 Å². The third-order valence-electron chi connectivity index (χ3n) is 2.68. The SMILES string of the molecule is Nc1cc(Cl)ccc1N=CC1CCS(=O)(=O)C1. The molecule has 1 aromatic rings. The van der Waals surface area contributed by atoms with Crippen LogP contribution < -0.4 is 5.73 Å². The molecular weight excluding hydrogens is 260 g/mol. The van der Waals surface area contributed by atoms with Gasteiger partial charge in [-0.2, -0.15) is 0 Å². The first-order valence-corrected chi connectivity index (χ1v) is 7.46. The van der Waals surface area contributed by atoms with Crippen LogP contribution in [0.4, 0.5) is 11.4 Å². The van der Waals surface area contributed by atoms with Crippen molar-refractivity contribution in [1.82, 2.24) is 0 Å². The number of rotatable bonds is 2. The maximum absolute atomic E-state index is 11.3. The molecule has 0 spiro atoms. The van der Waals surface area contributed by atoms with Crippen LogP contribution in [0.15, 0.2) is 23.2 Å². The predicted molar refractivity (Wildman–Crippen MR) is 70.8 cm³/mol. The summed E-state index contributed by atoms with van der Waals surface area (Å²) in [5, 5.41) is 0.560. The Bertz CT molecular complexity index is 555. The summed E-state index contributed by atoms with van der Waals surface area (Å²) in [6.45, 7) is 0. The number of aliphatic imine (C=N–C) groups is 1. The minimum absolute atomic E-state index is 0.00456. The van der Waals surface area contributed by atoms with Crippen molar-refractivity contribution in [2.24, 2.45) is 10.9 Å². The molecule has 0 saturated carbocycles. The summed E-state index contributed by atoms with van der Waals surface area (Å²) in [4.78, 5) is 4.22. The van der Waals surface area contributed by atoms with Gasteiger partial charge in [0.2, 0.25) is 0 Å². The molecule has 1 unspecified atom stereocenters. The predicted octanol–water partition coefficient (Wildman–Crippen LogP) is 2.06. The van der Waals surface area contributed by atoms with Crippen LogP contribution in [0.1, 0.15) is 6.42 Å². The fourth-order valence-corrected chi connectivity index (χ4v) is 3.68. The van der Waals surface area contributed by atoms with Crippen molar-refractivity contribution in [2.75, 3.05) is 17.2 Å². The summed E-state index contributed by atoms with van der Waals surface area (Å²) in [6, 6.07) is 5.05. The number of anilines is 1. The van der Waals surface area contributed by atoms with E-state index in [0.29, 0.717) is 22.8 Å². The Morgan fingerprint density at radius 1 is 1.47 bits per heavy atom. The molecule has 1 saturated heterocycles. The average molecular weight is 273 g/mol. The van der Waals surface area contributed by atoms with Crippen molar-refractivity contribution < 1.29 is 8.42 Å². The van der Waals surface area contributed by atoms with Gasteiger partial charge < -0.3 is 5.73 Å². The Balaban J connectivity index is 2.11. The summed E-state index contributed by atoms with van der Waals surface area (Å²) in [7, 11) is -2.86. The van der Waals surface area contributed by atoms with Gasteiger partial charge in [-0.1, -0.05) is 11.6 Å². The van der Waals surface area contributed by atoms with E-state index in [2.05, 4.69) is 4.99 Å². The first kappa shape index (κ1) is 12.4. The van der Waals surface area contributed by atoms with E-state index in [-0.39, 0.29) is 17.4 Å². The van der Waals surface area contributed by atoms with Crippen molar-refractivity contribution in [1.29, 1.82) is 0 Å². The molecule has 2 rings (SSSR count). The van der Waals surface area contributed by atoms with Crippen LogP contribution in [0.25, 0.3) is 0 Å². The molecule has 1 atom stereocenters. The van der Waals surface area contributed by atoms with Crippen molar-refractivity contribution in [3.05, 3.63) is 23.2 Å². The highest BCUT2D eigenvalue weighted by molar-refractivity contribution is 7.91. The Labute approximate surface area is 105 Å². The van der Waals surface area contributed by atoms with Crippen LogP contribution in [-0.2, 0) is 9.84 Å². The Kier molecular flexibility index (Phi) is 3.40. The molecule has 17 heavy (non-hydrogen) atoms. The molecule has 6 heteroatoms. The van der Waals surface area contributed by atoms with E-state index < -0.39 is 9.84 Å². The largest absolute Gasteiger partial charge is 0.397 e. The van der Waals surface area contributed by atoms with Gasteiger partial charge in [-0.3, -0.25) is 4.99 Å². The van der Waals surface area contributed by atoms with Crippen molar-refractivity contribution in [3.8, 4) is 0 Å². The fraction of sp³-hybridized carbons (Fsp3) is 0.364. The Morgan fingerprint density at radius 2 is 2.24 bits per heavy atom. The van der Waals surface area contributed by atoms with Crippen LogP contribution in [0.3, 0.4) is 0 Å². The highest BCUT2D eigenvalue weighted by Gasteiger charge is 2.26. The minimum atomic E-state index is -2.86. The highest BCUT2D eigenvalue weighted by atomic mass is 35.5. The molecule has 0 aliphatic carbocycles. The second-order valence-corrected chi connectivity index (χ2v) is 6.81. The van der Waals surface area contributed by atoms with E-state index in [1.54, 1.807) is 24.4 Å². The molecule has 1 fully saturated rings. The second-order valence-electron chi connectivity index (χ2n) is 4.14. The van der Waals surface area contributed by atoms with Crippen molar-refractivity contribution in [2.45, 2.75) is 6.42 Å². The smallest absolute Gasteiger partial charge is 0.150 e. The zero-order valence-electron chi connectivity index (χ0n) is 9.14. The molecule has 1 aliphatic heterocycles. The summed E-state index contributed by atoms with van der Waals surface area (Å²) in [5.74, 6) is 0.430. The summed E-state index contributed by atoms with van der Waals surface area (Å²) in [5.41, 5.74) is 6.86. The van der Waals surface area contributed by atoms with Gasteiger partial charge in [-0.05, 0) is 24.6 Å². The van der Waals surface area contributed by atoms with Gasteiger partial charge in [-0.15, -0.1) is 0 Å². The van der Waals surface area contributed by atoms with Crippen LogP contribution in [0.2, 0.25) is 5.02 Å². The van der Waals surface area contributed by atoms with Crippen molar-refractivity contribution in [3.63, 3.8) is 0 Å². The summed E-state index contributed by atoms with van der Waals surface area (Å²) >= 11 is 5.77. The number of nitrogen functional groups attached to an aromatic ring is 1. The van der Waals surface area contributed by atoms with Gasteiger partial charge in [0, 0.05) is 17.2 Å². The number of nitrogens with two attached hydrogens (primary N) is 1. The van der Waals surface area contributed by atoms with E-state index in [9.17, 15) is 8.42 Å². The molecule has 0 amide bonds. The van der Waals surface area contributed by atoms with Gasteiger partial charge in [0.15, 0.2) is 9.84 Å². The lowest BCUT2D eigenvalue weighted by Gasteiger charge is -2.02. The van der Waals surface area contributed by atoms with E-state index >= 15 is 0 Å². The third-order valence-corrected chi connectivity index (χ3v) is 4.71. The monoisotopic (exact) mass is 272 g/mol. The van der Waals surface area contributed by atoms with E-state index in [4.69, 9.17) is 17.3 Å².